The molecule has 0 spiro atoms. The van der Waals surface area contributed by atoms with Crippen LogP contribution in [-0.4, -0.2) is 16.8 Å². The molecule has 0 bridgehead atoms. The lowest BCUT2D eigenvalue weighted by molar-refractivity contribution is -0.118. The molecule has 0 aliphatic heterocycles. The highest BCUT2D eigenvalue weighted by molar-refractivity contribution is 7.99. The number of carbonyl (C=O) groups is 1. The molecule has 0 atom stereocenters. The van der Waals surface area contributed by atoms with Crippen LogP contribution >= 0.6 is 11.8 Å². The Morgan fingerprint density at radius 3 is 2.80 bits per heavy atom. The molecule has 1 amide bonds. The quantitative estimate of drug-likeness (QED) is 0.890. The van der Waals surface area contributed by atoms with Gasteiger partial charge in [-0.05, 0) is 24.6 Å². The van der Waals surface area contributed by atoms with Crippen LogP contribution in [0.1, 0.15) is 17.0 Å². The number of aromatic nitrogens is 1. The lowest BCUT2D eigenvalue weighted by atomic mass is 10.2. The Balaban J connectivity index is 1.66. The molecule has 0 unspecified atom stereocenters. The lowest BCUT2D eigenvalue weighted by Gasteiger charge is -2.04. The van der Waals surface area contributed by atoms with Crippen LogP contribution in [0.25, 0.3) is 0 Å². The summed E-state index contributed by atoms with van der Waals surface area (Å²) in [7, 11) is 0. The van der Waals surface area contributed by atoms with Crippen LogP contribution in [0.4, 0.5) is 4.39 Å². The molecule has 0 saturated carbocycles. The zero-order valence-electron chi connectivity index (χ0n) is 11.1. The standard InChI is InChI=1S/C14H15FN2O2S/c1-10-6-13(19-17-10)8-20-9-14(18)16-7-11-2-4-12(15)5-3-11/h2-6H,7-9H2,1H3,(H,16,18). The number of halogens is 1. The number of nitrogens with one attached hydrogen (secondary N) is 1. The van der Waals surface area contributed by atoms with Crippen molar-refractivity contribution in [2.75, 3.05) is 5.75 Å². The van der Waals surface area contributed by atoms with Gasteiger partial charge in [-0.25, -0.2) is 4.39 Å². The molecule has 2 aromatic rings. The van der Waals surface area contributed by atoms with Crippen molar-refractivity contribution in [2.24, 2.45) is 0 Å². The van der Waals surface area contributed by atoms with Gasteiger partial charge in [0, 0.05) is 12.6 Å². The number of nitrogens with zero attached hydrogens (tertiary/aromatic N) is 1. The van der Waals surface area contributed by atoms with Crippen molar-refractivity contribution in [1.29, 1.82) is 0 Å². The molecule has 4 nitrogen and oxygen atoms in total. The van der Waals surface area contributed by atoms with E-state index in [2.05, 4.69) is 10.5 Å². The van der Waals surface area contributed by atoms with E-state index in [9.17, 15) is 9.18 Å². The van der Waals surface area contributed by atoms with Crippen molar-refractivity contribution in [2.45, 2.75) is 19.2 Å². The largest absolute Gasteiger partial charge is 0.360 e. The first-order valence-electron chi connectivity index (χ1n) is 6.14. The molecular weight excluding hydrogens is 279 g/mol. The highest BCUT2D eigenvalue weighted by atomic mass is 32.2. The van der Waals surface area contributed by atoms with E-state index in [1.165, 1.54) is 23.9 Å². The Morgan fingerprint density at radius 2 is 2.15 bits per heavy atom. The molecule has 2 rings (SSSR count). The molecule has 1 aromatic heterocycles. The Hall–Kier alpha value is -1.82. The van der Waals surface area contributed by atoms with Gasteiger partial charge in [-0.3, -0.25) is 4.79 Å². The normalized spacial score (nSPS) is 10.5. The number of hydrogen-bond donors (Lipinski definition) is 1. The third-order valence-corrected chi connectivity index (χ3v) is 3.51. The summed E-state index contributed by atoms with van der Waals surface area (Å²) in [6.45, 7) is 2.26. The van der Waals surface area contributed by atoms with Crippen LogP contribution in [0.3, 0.4) is 0 Å². The summed E-state index contributed by atoms with van der Waals surface area (Å²) in [5, 5.41) is 6.56. The zero-order chi connectivity index (χ0) is 14.4. The van der Waals surface area contributed by atoms with Gasteiger partial charge < -0.3 is 9.84 Å². The van der Waals surface area contributed by atoms with E-state index in [0.29, 0.717) is 18.1 Å². The van der Waals surface area contributed by atoms with E-state index in [-0.39, 0.29) is 11.7 Å². The van der Waals surface area contributed by atoms with Crippen LogP contribution in [0.2, 0.25) is 0 Å². The Kier molecular flexibility index (Phi) is 5.17. The van der Waals surface area contributed by atoms with E-state index < -0.39 is 0 Å². The van der Waals surface area contributed by atoms with Crippen molar-refractivity contribution in [3.8, 4) is 0 Å². The molecule has 0 fully saturated rings. The molecule has 1 heterocycles. The van der Waals surface area contributed by atoms with Crippen molar-refractivity contribution in [3.05, 3.63) is 53.2 Å². The first-order chi connectivity index (χ1) is 9.63. The van der Waals surface area contributed by atoms with Crippen molar-refractivity contribution < 1.29 is 13.7 Å². The van der Waals surface area contributed by atoms with Crippen LogP contribution in [0.5, 0.6) is 0 Å². The SMILES string of the molecule is Cc1cc(CSCC(=O)NCc2ccc(F)cc2)on1. The summed E-state index contributed by atoms with van der Waals surface area (Å²) in [4.78, 5) is 11.6. The molecule has 0 saturated heterocycles. The Morgan fingerprint density at radius 1 is 1.40 bits per heavy atom. The van der Waals surface area contributed by atoms with Gasteiger partial charge in [-0.1, -0.05) is 17.3 Å². The smallest absolute Gasteiger partial charge is 0.230 e. The summed E-state index contributed by atoms with van der Waals surface area (Å²) in [5.41, 5.74) is 1.71. The number of thioether (sulfide) groups is 1. The topological polar surface area (TPSA) is 55.1 Å². The zero-order valence-corrected chi connectivity index (χ0v) is 11.9. The minimum Gasteiger partial charge on any atom is -0.360 e. The van der Waals surface area contributed by atoms with Gasteiger partial charge in [0.25, 0.3) is 0 Å². The van der Waals surface area contributed by atoms with Gasteiger partial charge in [-0.15, -0.1) is 11.8 Å². The number of amides is 1. The Labute approximate surface area is 120 Å². The predicted molar refractivity (Wildman–Crippen MR) is 75.6 cm³/mol. The first-order valence-corrected chi connectivity index (χ1v) is 7.30. The highest BCUT2D eigenvalue weighted by Crippen LogP contribution is 2.12. The van der Waals surface area contributed by atoms with Gasteiger partial charge >= 0.3 is 0 Å². The number of carbonyl (C=O) groups excluding carboxylic acids is 1. The van der Waals surface area contributed by atoms with E-state index in [1.54, 1.807) is 12.1 Å². The minimum absolute atomic E-state index is 0.0597. The maximum atomic E-state index is 12.7. The number of aryl methyl sites for hydroxylation is 1. The lowest BCUT2D eigenvalue weighted by Crippen LogP contribution is -2.24. The van der Waals surface area contributed by atoms with Crippen LogP contribution in [0, 0.1) is 12.7 Å². The van der Waals surface area contributed by atoms with Gasteiger partial charge in [0.2, 0.25) is 5.91 Å². The molecule has 106 valence electrons. The molecule has 20 heavy (non-hydrogen) atoms. The highest BCUT2D eigenvalue weighted by Gasteiger charge is 2.05. The van der Waals surface area contributed by atoms with E-state index in [4.69, 9.17) is 4.52 Å². The molecular formula is C14H15FN2O2S. The average molecular weight is 294 g/mol. The van der Waals surface area contributed by atoms with Crippen molar-refractivity contribution in [3.63, 3.8) is 0 Å². The van der Waals surface area contributed by atoms with E-state index in [0.717, 1.165) is 17.0 Å². The fraction of sp³-hybridized carbons (Fsp3) is 0.286. The van der Waals surface area contributed by atoms with Crippen LogP contribution < -0.4 is 5.32 Å². The average Bonchev–Trinajstić information content (AvgIpc) is 2.84. The van der Waals surface area contributed by atoms with Crippen molar-refractivity contribution >= 4 is 17.7 Å². The van der Waals surface area contributed by atoms with E-state index in [1.807, 2.05) is 13.0 Å². The van der Waals surface area contributed by atoms with Gasteiger partial charge in [0.15, 0.2) is 0 Å². The maximum absolute atomic E-state index is 12.7. The summed E-state index contributed by atoms with van der Waals surface area (Å²) < 4.78 is 17.8. The van der Waals surface area contributed by atoms with Crippen LogP contribution in [-0.2, 0) is 17.1 Å². The first kappa shape index (κ1) is 14.6. The number of benzene rings is 1. The molecule has 0 radical (unpaired) electrons. The fourth-order valence-corrected chi connectivity index (χ4v) is 2.31. The predicted octanol–water partition coefficient (Wildman–Crippen LogP) is 2.67. The summed E-state index contributed by atoms with van der Waals surface area (Å²) in [5.74, 6) is 1.39. The third kappa shape index (κ3) is 4.70. The van der Waals surface area contributed by atoms with Gasteiger partial charge in [-0.2, -0.15) is 0 Å². The second kappa shape index (κ2) is 7.09. The molecule has 6 heteroatoms. The maximum Gasteiger partial charge on any atom is 0.230 e. The minimum atomic E-state index is -0.280. The van der Waals surface area contributed by atoms with Crippen molar-refractivity contribution in [1.82, 2.24) is 10.5 Å². The number of rotatable bonds is 6. The van der Waals surface area contributed by atoms with Gasteiger partial charge in [0.1, 0.15) is 11.6 Å². The molecule has 1 N–H and O–H groups in total. The van der Waals surface area contributed by atoms with Gasteiger partial charge in [0.05, 0.1) is 17.2 Å². The second-order valence-electron chi connectivity index (χ2n) is 4.33. The summed E-state index contributed by atoms with van der Waals surface area (Å²) in [6.07, 6.45) is 0. The summed E-state index contributed by atoms with van der Waals surface area (Å²) >= 11 is 1.46. The molecule has 0 aliphatic carbocycles. The molecule has 1 aromatic carbocycles. The third-order valence-electron chi connectivity index (χ3n) is 2.56. The second-order valence-corrected chi connectivity index (χ2v) is 5.32. The van der Waals surface area contributed by atoms with Crippen LogP contribution in [0.15, 0.2) is 34.9 Å². The molecule has 0 aliphatic rings. The number of hydrogen-bond acceptors (Lipinski definition) is 4. The Bertz CT molecular complexity index is 569. The monoisotopic (exact) mass is 294 g/mol. The summed E-state index contributed by atoms with van der Waals surface area (Å²) in [6, 6.07) is 7.91. The van der Waals surface area contributed by atoms with E-state index >= 15 is 0 Å². The fourth-order valence-electron chi connectivity index (χ4n) is 1.58.